The lowest BCUT2D eigenvalue weighted by Gasteiger charge is -2.21. The number of methoxy groups -OCH3 is 1. The maximum Gasteiger partial charge on any atom is 0.193 e. The fraction of sp³-hybridized carbons (Fsp3) is 0.562. The molecule has 1 unspecified atom stereocenters. The molecule has 0 amide bonds. The number of aliphatic imine (C=N–C) groups is 1. The maximum atomic E-state index is 6.05. The van der Waals surface area contributed by atoms with E-state index in [1.54, 1.807) is 7.11 Å². The number of rotatable bonds is 5. The van der Waals surface area contributed by atoms with Crippen molar-refractivity contribution in [1.82, 2.24) is 10.2 Å². The van der Waals surface area contributed by atoms with E-state index in [4.69, 9.17) is 16.3 Å². The Kier molecular flexibility index (Phi) is 9.80. The van der Waals surface area contributed by atoms with Crippen molar-refractivity contribution in [2.24, 2.45) is 10.9 Å². The largest absolute Gasteiger partial charge is 0.384 e. The van der Waals surface area contributed by atoms with Crippen LogP contribution >= 0.6 is 51.5 Å². The van der Waals surface area contributed by atoms with Crippen molar-refractivity contribution in [3.05, 3.63) is 33.3 Å². The minimum absolute atomic E-state index is 0. The summed E-state index contributed by atoms with van der Waals surface area (Å²) >= 11 is 9.62. The molecule has 0 bridgehead atoms. The number of halogens is 3. The lowest BCUT2D eigenvalue weighted by molar-refractivity contribution is 0.157. The Morgan fingerprint density at radius 2 is 2.30 bits per heavy atom. The summed E-state index contributed by atoms with van der Waals surface area (Å²) in [6, 6.07) is 5.88. The van der Waals surface area contributed by atoms with Crippen LogP contribution in [-0.4, -0.2) is 51.3 Å². The Morgan fingerprint density at radius 3 is 3.00 bits per heavy atom. The molecule has 0 saturated carbocycles. The number of ether oxygens (including phenoxy) is 1. The molecular weight excluding hydrogens is 492 g/mol. The lowest BCUT2D eigenvalue weighted by atomic mass is 10.1. The van der Waals surface area contributed by atoms with Crippen molar-refractivity contribution < 1.29 is 4.74 Å². The van der Waals surface area contributed by atoms with E-state index in [2.05, 4.69) is 31.1 Å². The number of guanidine groups is 1. The van der Waals surface area contributed by atoms with Crippen molar-refractivity contribution in [2.75, 3.05) is 40.4 Å². The van der Waals surface area contributed by atoms with Gasteiger partial charge < -0.3 is 15.0 Å². The monoisotopic (exact) mass is 515 g/mol. The van der Waals surface area contributed by atoms with Gasteiger partial charge in [0.15, 0.2) is 5.96 Å². The van der Waals surface area contributed by atoms with Gasteiger partial charge in [0.25, 0.3) is 0 Å². The highest BCUT2D eigenvalue weighted by Crippen LogP contribution is 2.21. The molecule has 0 radical (unpaired) electrons. The van der Waals surface area contributed by atoms with Crippen molar-refractivity contribution in [3.8, 4) is 0 Å². The second-order valence-corrected chi connectivity index (χ2v) is 6.81. The van der Waals surface area contributed by atoms with Crippen molar-refractivity contribution in [1.29, 1.82) is 0 Å². The van der Waals surface area contributed by atoms with Gasteiger partial charge in [-0.25, -0.2) is 0 Å². The average Bonchev–Trinajstić information content (AvgIpc) is 2.96. The van der Waals surface area contributed by atoms with E-state index in [0.29, 0.717) is 5.92 Å². The van der Waals surface area contributed by atoms with Gasteiger partial charge in [-0.2, -0.15) is 0 Å². The van der Waals surface area contributed by atoms with Crippen LogP contribution in [0.1, 0.15) is 12.0 Å². The van der Waals surface area contributed by atoms with E-state index < -0.39 is 0 Å². The molecule has 130 valence electrons. The van der Waals surface area contributed by atoms with Crippen LogP contribution in [0.5, 0.6) is 0 Å². The summed E-state index contributed by atoms with van der Waals surface area (Å²) in [5.41, 5.74) is 1.20. The summed E-state index contributed by atoms with van der Waals surface area (Å²) in [5, 5.41) is 4.21. The summed E-state index contributed by atoms with van der Waals surface area (Å²) in [6.45, 7) is 3.70. The lowest BCUT2D eigenvalue weighted by Crippen LogP contribution is -2.41. The Hall–Kier alpha value is -0.0500. The first-order chi connectivity index (χ1) is 10.6. The van der Waals surface area contributed by atoms with Gasteiger partial charge in [-0.3, -0.25) is 4.99 Å². The summed E-state index contributed by atoms with van der Waals surface area (Å²) < 4.78 is 6.34. The van der Waals surface area contributed by atoms with Crippen LogP contribution in [0.15, 0.2) is 27.7 Å². The zero-order chi connectivity index (χ0) is 15.9. The third kappa shape index (κ3) is 6.40. The van der Waals surface area contributed by atoms with Crippen molar-refractivity contribution in [3.63, 3.8) is 0 Å². The zero-order valence-electron chi connectivity index (χ0n) is 13.5. The summed E-state index contributed by atoms with van der Waals surface area (Å²) in [4.78, 5) is 6.69. The topological polar surface area (TPSA) is 36.9 Å². The minimum Gasteiger partial charge on any atom is -0.384 e. The number of hydrogen-bond acceptors (Lipinski definition) is 2. The Balaban J connectivity index is 0.00000264. The SMILES string of the molecule is CN=C(NCCc1cc(Cl)ccc1Br)N1CCC(COC)C1.I. The molecule has 1 aromatic rings. The third-order valence-electron chi connectivity index (χ3n) is 3.88. The predicted octanol–water partition coefficient (Wildman–Crippen LogP) is 3.81. The van der Waals surface area contributed by atoms with Crippen LogP contribution in [-0.2, 0) is 11.2 Å². The highest BCUT2D eigenvalue weighted by molar-refractivity contribution is 14.0. The Labute approximate surface area is 169 Å². The normalized spacial score (nSPS) is 18.0. The first kappa shape index (κ1) is 21.0. The van der Waals surface area contributed by atoms with Crippen LogP contribution in [0.3, 0.4) is 0 Å². The molecule has 1 N–H and O–H groups in total. The Morgan fingerprint density at radius 1 is 1.52 bits per heavy atom. The highest BCUT2D eigenvalue weighted by atomic mass is 127. The molecule has 1 fully saturated rings. The van der Waals surface area contributed by atoms with E-state index in [1.807, 2.05) is 25.2 Å². The first-order valence-electron chi connectivity index (χ1n) is 7.52. The third-order valence-corrected chi connectivity index (χ3v) is 4.89. The van der Waals surface area contributed by atoms with E-state index in [-0.39, 0.29) is 24.0 Å². The molecule has 0 aliphatic carbocycles. The number of hydrogen-bond donors (Lipinski definition) is 1. The molecule has 1 saturated heterocycles. The molecule has 1 atom stereocenters. The number of nitrogens with one attached hydrogen (secondary N) is 1. The molecule has 1 heterocycles. The fourth-order valence-electron chi connectivity index (χ4n) is 2.77. The van der Waals surface area contributed by atoms with Gasteiger partial charge in [0.05, 0.1) is 6.61 Å². The summed E-state index contributed by atoms with van der Waals surface area (Å²) in [6.07, 6.45) is 2.06. The molecule has 7 heteroatoms. The van der Waals surface area contributed by atoms with E-state index in [9.17, 15) is 0 Å². The molecule has 0 spiro atoms. The standard InChI is InChI=1S/C16H23BrClN3O.HI/c1-19-16(21-8-6-12(10-21)11-22-2)20-7-5-13-9-14(18)3-4-15(13)17;/h3-4,9,12H,5-8,10-11H2,1-2H3,(H,19,20);1H. The quantitative estimate of drug-likeness (QED) is 0.368. The highest BCUT2D eigenvalue weighted by Gasteiger charge is 2.24. The van der Waals surface area contributed by atoms with Gasteiger partial charge in [-0.05, 0) is 36.6 Å². The second-order valence-electron chi connectivity index (χ2n) is 5.52. The van der Waals surface area contributed by atoms with Crippen molar-refractivity contribution >= 4 is 57.5 Å². The molecule has 23 heavy (non-hydrogen) atoms. The van der Waals surface area contributed by atoms with Gasteiger partial charge in [0.2, 0.25) is 0 Å². The van der Waals surface area contributed by atoms with Crippen LogP contribution < -0.4 is 5.32 Å². The predicted molar refractivity (Wildman–Crippen MR) is 111 cm³/mol. The number of likely N-dealkylation sites (tertiary alicyclic amines) is 1. The molecule has 1 aliphatic rings. The van der Waals surface area contributed by atoms with Gasteiger partial charge in [-0.15, -0.1) is 24.0 Å². The van der Waals surface area contributed by atoms with Crippen LogP contribution in [0.2, 0.25) is 5.02 Å². The maximum absolute atomic E-state index is 6.05. The van der Waals surface area contributed by atoms with E-state index in [1.165, 1.54) is 5.56 Å². The van der Waals surface area contributed by atoms with Crippen LogP contribution in [0, 0.1) is 5.92 Å². The molecule has 1 aliphatic heterocycles. The fourth-order valence-corrected chi connectivity index (χ4v) is 3.41. The van der Waals surface area contributed by atoms with Gasteiger partial charge >= 0.3 is 0 Å². The molecule has 1 aromatic carbocycles. The smallest absolute Gasteiger partial charge is 0.193 e. The van der Waals surface area contributed by atoms with Crippen LogP contribution in [0.4, 0.5) is 0 Å². The zero-order valence-corrected chi connectivity index (χ0v) is 18.2. The molecule has 2 rings (SSSR count). The Bertz CT molecular complexity index is 530. The summed E-state index contributed by atoms with van der Waals surface area (Å²) in [7, 11) is 3.60. The summed E-state index contributed by atoms with van der Waals surface area (Å²) in [5.74, 6) is 1.57. The van der Waals surface area contributed by atoms with E-state index >= 15 is 0 Å². The first-order valence-corrected chi connectivity index (χ1v) is 8.69. The minimum atomic E-state index is 0. The van der Waals surface area contributed by atoms with Crippen LogP contribution in [0.25, 0.3) is 0 Å². The molecule has 0 aromatic heterocycles. The molecular formula is C16H24BrClIN3O. The van der Waals surface area contributed by atoms with Gasteiger partial charge in [0.1, 0.15) is 0 Å². The van der Waals surface area contributed by atoms with E-state index in [0.717, 1.165) is 54.5 Å². The number of benzene rings is 1. The van der Waals surface area contributed by atoms with Gasteiger partial charge in [0, 0.05) is 49.2 Å². The second kappa shape index (κ2) is 10.7. The van der Waals surface area contributed by atoms with Crippen molar-refractivity contribution in [2.45, 2.75) is 12.8 Å². The number of nitrogens with zero attached hydrogens (tertiary/aromatic N) is 2. The molecule has 4 nitrogen and oxygen atoms in total. The average molecular weight is 517 g/mol. The van der Waals surface area contributed by atoms with Gasteiger partial charge in [-0.1, -0.05) is 27.5 Å².